The van der Waals surface area contributed by atoms with E-state index in [1.165, 1.54) is 10.6 Å². The minimum atomic E-state index is -0.508. The lowest BCUT2D eigenvalue weighted by atomic mass is 10.3. The number of aryl methyl sites for hydroxylation is 1. The van der Waals surface area contributed by atoms with Crippen LogP contribution in [0.2, 0.25) is 0 Å². The monoisotopic (exact) mass is 156 g/mol. The Morgan fingerprint density at radius 2 is 2.45 bits per heavy atom. The fourth-order valence-electron chi connectivity index (χ4n) is 0.943. The summed E-state index contributed by atoms with van der Waals surface area (Å²) in [5, 5.41) is 19.0. The van der Waals surface area contributed by atoms with Crippen LogP contribution in [0, 0.1) is 10.1 Å². The van der Waals surface area contributed by atoms with E-state index in [1.807, 2.05) is 0 Å². The molecule has 1 aromatic heterocycles. The molecule has 0 saturated carbocycles. The van der Waals surface area contributed by atoms with Crippen molar-refractivity contribution in [1.82, 2.24) is 4.57 Å². The molecule has 1 heterocycles. The van der Waals surface area contributed by atoms with Gasteiger partial charge in [-0.25, -0.2) is 4.57 Å². The maximum atomic E-state index is 10.3. The summed E-state index contributed by atoms with van der Waals surface area (Å²) in [4.78, 5) is 9.83. The Bertz CT molecular complexity index is 279. The van der Waals surface area contributed by atoms with Crippen LogP contribution in [0.15, 0.2) is 12.3 Å². The minimum Gasteiger partial charge on any atom is -0.391 e. The standard InChI is InChI=1S/C6H8N2O3/c1-7-3-2-5(4-9)6(7)8(10)11/h2-3,9H,4H2,1H3. The van der Waals surface area contributed by atoms with Gasteiger partial charge in [-0.05, 0) is 11.0 Å². The van der Waals surface area contributed by atoms with E-state index < -0.39 is 4.92 Å². The molecule has 0 aliphatic carbocycles. The molecule has 0 aromatic carbocycles. The van der Waals surface area contributed by atoms with Crippen molar-refractivity contribution in [2.24, 2.45) is 7.05 Å². The van der Waals surface area contributed by atoms with Gasteiger partial charge in [0, 0.05) is 0 Å². The van der Waals surface area contributed by atoms with Crippen molar-refractivity contribution in [3.63, 3.8) is 0 Å². The van der Waals surface area contributed by atoms with Crippen LogP contribution in [0.25, 0.3) is 0 Å². The van der Waals surface area contributed by atoms with E-state index in [9.17, 15) is 10.1 Å². The molecule has 0 atom stereocenters. The van der Waals surface area contributed by atoms with Crippen molar-refractivity contribution in [3.05, 3.63) is 27.9 Å². The van der Waals surface area contributed by atoms with Gasteiger partial charge in [0.05, 0.1) is 25.4 Å². The molecule has 1 N–H and O–H groups in total. The fraction of sp³-hybridized carbons (Fsp3) is 0.333. The fourth-order valence-corrected chi connectivity index (χ4v) is 0.943. The van der Waals surface area contributed by atoms with Crippen molar-refractivity contribution in [3.8, 4) is 0 Å². The van der Waals surface area contributed by atoms with Crippen LogP contribution in [0.3, 0.4) is 0 Å². The number of hydrogen-bond acceptors (Lipinski definition) is 3. The van der Waals surface area contributed by atoms with Crippen molar-refractivity contribution in [1.29, 1.82) is 0 Å². The molecule has 0 radical (unpaired) electrons. The Morgan fingerprint density at radius 1 is 1.82 bits per heavy atom. The van der Waals surface area contributed by atoms with Crippen molar-refractivity contribution in [2.75, 3.05) is 0 Å². The number of nitrogens with zero attached hydrogens (tertiary/aromatic N) is 2. The highest BCUT2D eigenvalue weighted by Gasteiger charge is 2.15. The first-order valence-corrected chi connectivity index (χ1v) is 3.06. The second kappa shape index (κ2) is 2.71. The SMILES string of the molecule is Cn1ccc(CO)c1[N+](=O)[O-]. The van der Waals surface area contributed by atoms with E-state index in [2.05, 4.69) is 0 Å². The predicted molar refractivity (Wildman–Crippen MR) is 38.0 cm³/mol. The molecule has 0 fully saturated rings. The Morgan fingerprint density at radius 3 is 2.82 bits per heavy atom. The molecule has 60 valence electrons. The van der Waals surface area contributed by atoms with E-state index >= 15 is 0 Å². The lowest BCUT2D eigenvalue weighted by Gasteiger charge is -1.96. The molecule has 0 saturated heterocycles. The van der Waals surface area contributed by atoms with Crippen LogP contribution in [0.1, 0.15) is 5.56 Å². The molecule has 0 aliphatic rings. The highest BCUT2D eigenvalue weighted by atomic mass is 16.6. The number of aromatic nitrogens is 1. The maximum absolute atomic E-state index is 10.3. The van der Waals surface area contributed by atoms with Crippen molar-refractivity contribution in [2.45, 2.75) is 6.61 Å². The van der Waals surface area contributed by atoms with Gasteiger partial charge in [0.15, 0.2) is 0 Å². The summed E-state index contributed by atoms with van der Waals surface area (Å²) in [5.41, 5.74) is 0.345. The van der Waals surface area contributed by atoms with E-state index in [0.29, 0.717) is 5.56 Å². The van der Waals surface area contributed by atoms with E-state index in [4.69, 9.17) is 5.11 Å². The van der Waals surface area contributed by atoms with Crippen LogP contribution < -0.4 is 0 Å². The van der Waals surface area contributed by atoms with Gasteiger partial charge in [0.2, 0.25) is 0 Å². The van der Waals surface area contributed by atoms with E-state index in [-0.39, 0.29) is 12.4 Å². The van der Waals surface area contributed by atoms with Crippen molar-refractivity contribution >= 4 is 5.82 Å². The van der Waals surface area contributed by atoms with Gasteiger partial charge in [-0.2, -0.15) is 0 Å². The zero-order valence-corrected chi connectivity index (χ0v) is 6.02. The zero-order valence-electron chi connectivity index (χ0n) is 6.02. The number of hydrogen-bond donors (Lipinski definition) is 1. The summed E-state index contributed by atoms with van der Waals surface area (Å²) >= 11 is 0. The van der Waals surface area contributed by atoms with Gasteiger partial charge in [-0.1, -0.05) is 0 Å². The van der Waals surface area contributed by atoms with E-state index in [1.54, 1.807) is 13.2 Å². The maximum Gasteiger partial charge on any atom is 0.328 e. The third-order valence-corrected chi connectivity index (χ3v) is 1.46. The Labute approximate surface area is 63.0 Å². The largest absolute Gasteiger partial charge is 0.391 e. The molecule has 5 nitrogen and oxygen atoms in total. The predicted octanol–water partition coefficient (Wildman–Crippen LogP) is 0.426. The van der Waals surface area contributed by atoms with Crippen molar-refractivity contribution < 1.29 is 10.0 Å². The Kier molecular flexibility index (Phi) is 1.91. The van der Waals surface area contributed by atoms with Crippen LogP contribution in [-0.2, 0) is 13.7 Å². The highest BCUT2D eigenvalue weighted by Crippen LogP contribution is 2.17. The van der Waals surface area contributed by atoms with Crippen LogP contribution in [0.4, 0.5) is 5.82 Å². The average molecular weight is 156 g/mol. The molecule has 0 bridgehead atoms. The Hall–Kier alpha value is -1.36. The summed E-state index contributed by atoms with van der Waals surface area (Å²) in [7, 11) is 1.57. The minimum absolute atomic E-state index is 0.0486. The molecular formula is C6H8N2O3. The van der Waals surface area contributed by atoms with Crippen LogP contribution >= 0.6 is 0 Å². The number of aliphatic hydroxyl groups excluding tert-OH is 1. The van der Waals surface area contributed by atoms with Crippen LogP contribution in [0.5, 0.6) is 0 Å². The quantitative estimate of drug-likeness (QED) is 0.498. The third-order valence-electron chi connectivity index (χ3n) is 1.46. The number of nitro groups is 1. The molecule has 11 heavy (non-hydrogen) atoms. The average Bonchev–Trinajstić information content (AvgIpc) is 2.30. The van der Waals surface area contributed by atoms with Crippen LogP contribution in [-0.4, -0.2) is 14.6 Å². The molecule has 0 amide bonds. The van der Waals surface area contributed by atoms with Gasteiger partial charge in [0.25, 0.3) is 0 Å². The molecule has 0 aliphatic heterocycles. The summed E-state index contributed by atoms with van der Waals surface area (Å²) in [6, 6.07) is 1.53. The summed E-state index contributed by atoms with van der Waals surface area (Å²) < 4.78 is 1.37. The molecular weight excluding hydrogens is 148 g/mol. The normalized spacial score (nSPS) is 10.0. The smallest absolute Gasteiger partial charge is 0.328 e. The molecule has 5 heteroatoms. The lowest BCUT2D eigenvalue weighted by Crippen LogP contribution is -1.98. The van der Waals surface area contributed by atoms with Gasteiger partial charge in [0.1, 0.15) is 0 Å². The van der Waals surface area contributed by atoms with Gasteiger partial charge in [-0.15, -0.1) is 0 Å². The first-order chi connectivity index (χ1) is 5.16. The molecule has 1 rings (SSSR count). The zero-order chi connectivity index (χ0) is 8.43. The molecule has 0 unspecified atom stereocenters. The summed E-state index contributed by atoms with van der Waals surface area (Å²) in [6.45, 7) is -0.294. The number of aliphatic hydroxyl groups is 1. The summed E-state index contributed by atoms with van der Waals surface area (Å²) in [5.74, 6) is -0.0486. The van der Waals surface area contributed by atoms with Gasteiger partial charge < -0.3 is 15.2 Å². The second-order valence-electron chi connectivity index (χ2n) is 2.19. The topological polar surface area (TPSA) is 68.3 Å². The molecule has 1 aromatic rings. The Balaban J connectivity index is 3.17. The highest BCUT2D eigenvalue weighted by molar-refractivity contribution is 5.33. The van der Waals surface area contributed by atoms with E-state index in [0.717, 1.165) is 0 Å². The first kappa shape index (κ1) is 7.74. The first-order valence-electron chi connectivity index (χ1n) is 3.06. The second-order valence-corrected chi connectivity index (χ2v) is 2.19. The molecule has 0 spiro atoms. The van der Waals surface area contributed by atoms with Gasteiger partial charge >= 0.3 is 5.82 Å². The lowest BCUT2D eigenvalue weighted by molar-refractivity contribution is -0.392. The third kappa shape index (κ3) is 1.22. The van der Waals surface area contributed by atoms with Gasteiger partial charge in [-0.3, -0.25) is 0 Å². The summed E-state index contributed by atoms with van der Waals surface area (Å²) in [6.07, 6.45) is 1.55. The number of rotatable bonds is 2.